The molecule has 0 spiro atoms. The van der Waals surface area contributed by atoms with Crippen LogP contribution in [0.15, 0.2) is 35.1 Å². The summed E-state index contributed by atoms with van der Waals surface area (Å²) in [6, 6.07) is 5.48. The van der Waals surface area contributed by atoms with Gasteiger partial charge in [0.05, 0.1) is 12.9 Å². The molecule has 1 aromatic rings. The molecule has 174 valence electrons. The van der Waals surface area contributed by atoms with E-state index in [1.54, 1.807) is 17.9 Å². The molecule has 1 unspecified atom stereocenters. The number of allylic oxidation sites excluding steroid dienone is 1. The van der Waals surface area contributed by atoms with Crippen molar-refractivity contribution in [2.75, 3.05) is 38.5 Å². The Kier molecular flexibility index (Phi) is 7.27. The predicted molar refractivity (Wildman–Crippen MR) is 126 cm³/mol. The fourth-order valence-corrected chi connectivity index (χ4v) is 3.59. The Morgan fingerprint density at radius 2 is 1.94 bits per heavy atom. The Morgan fingerprint density at radius 3 is 2.53 bits per heavy atom. The van der Waals surface area contributed by atoms with Crippen molar-refractivity contribution in [1.82, 2.24) is 9.80 Å². The molecule has 1 heterocycles. The van der Waals surface area contributed by atoms with Crippen LogP contribution in [0.1, 0.15) is 39.2 Å². The maximum atomic E-state index is 11.9. The summed E-state index contributed by atoms with van der Waals surface area (Å²) in [5, 5.41) is 8.74. The maximum absolute atomic E-state index is 11.9. The average molecular weight is 443 g/mol. The normalized spacial score (nSPS) is 19.0. The number of carbonyl (C=O) groups excluding carboxylic acids is 1. The van der Waals surface area contributed by atoms with E-state index in [1.165, 1.54) is 6.34 Å². The Morgan fingerprint density at radius 1 is 1.28 bits per heavy atom. The van der Waals surface area contributed by atoms with Crippen LogP contribution in [0.3, 0.4) is 0 Å². The van der Waals surface area contributed by atoms with Crippen molar-refractivity contribution in [2.24, 2.45) is 16.6 Å². The highest BCUT2D eigenvalue weighted by atomic mass is 16.6. The summed E-state index contributed by atoms with van der Waals surface area (Å²) >= 11 is 0. The van der Waals surface area contributed by atoms with E-state index >= 15 is 0 Å². The number of hydrogen-bond acceptors (Lipinski definition) is 7. The summed E-state index contributed by atoms with van der Waals surface area (Å²) in [5.74, 6) is 1.14. The second kappa shape index (κ2) is 9.93. The molecule has 1 saturated heterocycles. The molecule has 5 N–H and O–H groups in total. The Bertz CT molecular complexity index is 901. The zero-order valence-electron chi connectivity index (χ0n) is 19.1. The van der Waals surface area contributed by atoms with Crippen LogP contribution in [0.5, 0.6) is 5.75 Å². The quantitative estimate of drug-likeness (QED) is 0.322. The van der Waals surface area contributed by atoms with Gasteiger partial charge in [0.25, 0.3) is 0 Å². The van der Waals surface area contributed by atoms with E-state index < -0.39 is 0 Å². The topological polar surface area (TPSA) is 130 Å². The molecule has 9 nitrogen and oxygen atoms in total. The third-order valence-electron chi connectivity index (χ3n) is 5.82. The summed E-state index contributed by atoms with van der Waals surface area (Å²) in [5.41, 5.74) is 13.2. The van der Waals surface area contributed by atoms with Gasteiger partial charge in [0.2, 0.25) is 0 Å². The van der Waals surface area contributed by atoms with Crippen LogP contribution >= 0.6 is 0 Å². The van der Waals surface area contributed by atoms with Crippen LogP contribution in [-0.2, 0) is 4.74 Å². The second-order valence-electron chi connectivity index (χ2n) is 8.48. The summed E-state index contributed by atoms with van der Waals surface area (Å²) in [6.07, 6.45) is 4.92. The molecule has 2 fully saturated rings. The van der Waals surface area contributed by atoms with Gasteiger partial charge in [0.1, 0.15) is 17.2 Å². The molecule has 1 saturated carbocycles. The van der Waals surface area contributed by atoms with Crippen molar-refractivity contribution in [2.45, 2.75) is 39.2 Å². The Hall–Kier alpha value is -3.23. The van der Waals surface area contributed by atoms with Crippen LogP contribution in [0.2, 0.25) is 0 Å². The number of carbonyl (C=O) groups is 1. The minimum absolute atomic E-state index is 0.101. The molecule has 1 amide bonds. The number of anilines is 1. The third-order valence-corrected chi connectivity index (χ3v) is 5.82. The molecule has 0 aromatic heterocycles. The number of nitrogens with zero attached hydrogens (tertiary/aromatic N) is 3. The van der Waals surface area contributed by atoms with E-state index in [1.807, 2.05) is 25.1 Å². The van der Waals surface area contributed by atoms with Crippen LogP contribution in [0.4, 0.5) is 10.5 Å². The first-order chi connectivity index (χ1) is 15.3. The largest absolute Gasteiger partial charge is 0.488 e. The summed E-state index contributed by atoms with van der Waals surface area (Å²) < 4.78 is 11.1. The summed E-state index contributed by atoms with van der Waals surface area (Å²) in [6.45, 7) is 8.44. The molecule has 0 radical (unpaired) electrons. The number of nitrogens with one attached hydrogen (secondary N) is 1. The SMILES string of the molecule is CCOC(=O)N1CCN(C(=C/C(C)C(=N)c2cc(OC3(C)CC3)ccc2N)/N=C\N)CC1. The van der Waals surface area contributed by atoms with Gasteiger partial charge in [0, 0.05) is 49.1 Å². The van der Waals surface area contributed by atoms with Crippen LogP contribution < -0.4 is 16.2 Å². The summed E-state index contributed by atoms with van der Waals surface area (Å²) in [7, 11) is 0. The van der Waals surface area contributed by atoms with Gasteiger partial charge in [-0.05, 0) is 51.0 Å². The van der Waals surface area contributed by atoms with Crippen LogP contribution in [-0.4, -0.2) is 66.3 Å². The van der Waals surface area contributed by atoms with E-state index in [9.17, 15) is 4.79 Å². The van der Waals surface area contributed by atoms with Crippen molar-refractivity contribution in [3.63, 3.8) is 0 Å². The monoisotopic (exact) mass is 442 g/mol. The first-order valence-corrected chi connectivity index (χ1v) is 11.1. The number of rotatable bonds is 8. The zero-order valence-corrected chi connectivity index (χ0v) is 19.1. The van der Waals surface area contributed by atoms with E-state index in [2.05, 4.69) is 16.8 Å². The lowest BCUT2D eigenvalue weighted by molar-refractivity contribution is 0.0865. The van der Waals surface area contributed by atoms with Crippen molar-refractivity contribution in [3.05, 3.63) is 35.7 Å². The molecule has 3 rings (SSSR count). The van der Waals surface area contributed by atoms with Crippen LogP contribution in [0.25, 0.3) is 0 Å². The molecule has 1 aromatic carbocycles. The van der Waals surface area contributed by atoms with E-state index in [4.69, 9.17) is 26.4 Å². The van der Waals surface area contributed by atoms with Gasteiger partial charge in [-0.2, -0.15) is 0 Å². The standard InChI is InChI=1S/C23H34N6O3/c1-4-31-22(30)29-11-9-28(10-12-29)20(27-15-24)13-16(2)21(26)18-14-17(5-6-19(18)25)32-23(3)7-8-23/h5-6,13-16,26H,4,7-12,25H2,1-3H3,(H2,24,27)/b20-13+,26-21?. The van der Waals surface area contributed by atoms with Crippen molar-refractivity contribution < 1.29 is 14.3 Å². The molecule has 1 atom stereocenters. The van der Waals surface area contributed by atoms with Crippen LogP contribution in [0, 0.1) is 11.3 Å². The predicted octanol–water partition coefficient (Wildman–Crippen LogP) is 2.81. The van der Waals surface area contributed by atoms with Gasteiger partial charge in [-0.3, -0.25) is 0 Å². The number of aliphatic imine (C=N–C) groups is 1. The third kappa shape index (κ3) is 5.72. The lowest BCUT2D eigenvalue weighted by Crippen LogP contribution is -2.48. The van der Waals surface area contributed by atoms with Crippen molar-refractivity contribution in [3.8, 4) is 5.75 Å². The van der Waals surface area contributed by atoms with E-state index in [-0.39, 0.29) is 17.6 Å². The van der Waals surface area contributed by atoms with E-state index in [0.717, 1.165) is 18.6 Å². The minimum Gasteiger partial charge on any atom is -0.488 e. The Balaban J connectivity index is 1.71. The zero-order chi connectivity index (χ0) is 23.3. The maximum Gasteiger partial charge on any atom is 0.409 e. The molecule has 32 heavy (non-hydrogen) atoms. The number of ether oxygens (including phenoxy) is 2. The first-order valence-electron chi connectivity index (χ1n) is 11.1. The van der Waals surface area contributed by atoms with Gasteiger partial charge >= 0.3 is 6.09 Å². The molecule has 1 aliphatic heterocycles. The number of nitrogens with two attached hydrogens (primary N) is 2. The highest BCUT2D eigenvalue weighted by Crippen LogP contribution is 2.40. The highest BCUT2D eigenvalue weighted by molar-refractivity contribution is 6.05. The molecule has 9 heteroatoms. The van der Waals surface area contributed by atoms with Crippen molar-refractivity contribution >= 4 is 23.8 Å². The lowest BCUT2D eigenvalue weighted by Gasteiger charge is -2.35. The Labute approximate surface area is 189 Å². The van der Waals surface area contributed by atoms with Gasteiger partial charge in [-0.1, -0.05) is 6.92 Å². The lowest BCUT2D eigenvalue weighted by atomic mass is 9.96. The molecule has 1 aliphatic carbocycles. The van der Waals surface area contributed by atoms with Gasteiger partial charge in [-0.15, -0.1) is 0 Å². The fourth-order valence-electron chi connectivity index (χ4n) is 3.59. The average Bonchev–Trinajstić information content (AvgIpc) is 3.51. The van der Waals surface area contributed by atoms with Gasteiger partial charge in [-0.25, -0.2) is 9.79 Å². The second-order valence-corrected chi connectivity index (χ2v) is 8.48. The smallest absolute Gasteiger partial charge is 0.409 e. The number of amides is 1. The number of nitrogen functional groups attached to an aromatic ring is 1. The van der Waals surface area contributed by atoms with Gasteiger partial charge in [0.15, 0.2) is 0 Å². The molecule has 2 aliphatic rings. The summed E-state index contributed by atoms with van der Waals surface area (Å²) in [4.78, 5) is 20.0. The first kappa shape index (κ1) is 23.4. The molecular formula is C23H34N6O3. The minimum atomic E-state index is -0.298. The van der Waals surface area contributed by atoms with Gasteiger partial charge < -0.3 is 36.2 Å². The fraction of sp³-hybridized carbons (Fsp3) is 0.522. The number of hydrogen-bond donors (Lipinski definition) is 3. The number of benzene rings is 1. The number of piperazine rings is 1. The molecule has 0 bridgehead atoms. The molecular weight excluding hydrogens is 408 g/mol. The van der Waals surface area contributed by atoms with Crippen molar-refractivity contribution in [1.29, 1.82) is 5.41 Å². The van der Waals surface area contributed by atoms with E-state index in [0.29, 0.717) is 55.6 Å². The highest BCUT2D eigenvalue weighted by Gasteiger charge is 2.40.